The molecule has 2 aromatic rings. The molecule has 2 heteroatoms. The van der Waals surface area contributed by atoms with Gasteiger partial charge in [0.2, 0.25) is 0 Å². The molecule has 0 bridgehead atoms. The third-order valence-electron chi connectivity index (χ3n) is 2.66. The van der Waals surface area contributed by atoms with E-state index in [9.17, 15) is 0 Å². The summed E-state index contributed by atoms with van der Waals surface area (Å²) < 4.78 is 0. The second kappa shape index (κ2) is 4.88. The number of hydrogen-bond acceptors (Lipinski definition) is 2. The van der Waals surface area contributed by atoms with E-state index in [1.165, 1.54) is 5.56 Å². The Morgan fingerprint density at radius 1 is 1.00 bits per heavy atom. The predicted octanol–water partition coefficient (Wildman–Crippen LogP) is 2.88. The number of rotatable bonds is 3. The van der Waals surface area contributed by atoms with Crippen LogP contribution in [-0.2, 0) is 12.8 Å². The summed E-state index contributed by atoms with van der Waals surface area (Å²) in [6.07, 6.45) is 3.83. The fraction of sp³-hybridized carbons (Fsp3) is 0.286. The molecule has 16 heavy (non-hydrogen) atoms. The summed E-state index contributed by atoms with van der Waals surface area (Å²) in [5, 5.41) is 0. The minimum Gasteiger partial charge on any atom is -0.258 e. The highest BCUT2D eigenvalue weighted by Crippen LogP contribution is 2.08. The van der Waals surface area contributed by atoms with Crippen LogP contribution in [-0.4, -0.2) is 9.97 Å². The quantitative estimate of drug-likeness (QED) is 0.781. The molecule has 1 aromatic carbocycles. The maximum atomic E-state index is 4.43. The molecule has 2 rings (SSSR count). The lowest BCUT2D eigenvalue weighted by atomic mass is 10.1. The maximum Gasteiger partial charge on any atom is 0.0619 e. The minimum atomic E-state index is 0.961. The van der Waals surface area contributed by atoms with E-state index in [1.807, 2.05) is 26.1 Å². The van der Waals surface area contributed by atoms with Crippen molar-refractivity contribution in [2.45, 2.75) is 26.7 Å². The number of hydrogen-bond donors (Lipinski definition) is 0. The molecule has 0 aliphatic heterocycles. The van der Waals surface area contributed by atoms with Crippen molar-refractivity contribution >= 4 is 0 Å². The van der Waals surface area contributed by atoms with Gasteiger partial charge >= 0.3 is 0 Å². The number of aryl methyl sites for hydroxylation is 4. The van der Waals surface area contributed by atoms with Gasteiger partial charge in [0.05, 0.1) is 17.1 Å². The maximum absolute atomic E-state index is 4.43. The zero-order valence-corrected chi connectivity index (χ0v) is 9.77. The first-order chi connectivity index (χ1) is 7.75. The Morgan fingerprint density at radius 3 is 2.44 bits per heavy atom. The van der Waals surface area contributed by atoms with E-state index >= 15 is 0 Å². The lowest BCUT2D eigenvalue weighted by molar-refractivity contribution is 0.867. The zero-order chi connectivity index (χ0) is 11.4. The number of benzene rings is 1. The van der Waals surface area contributed by atoms with Crippen molar-refractivity contribution in [2.75, 3.05) is 0 Å². The molecular formula is C14H16N2. The van der Waals surface area contributed by atoms with Crippen LogP contribution in [0.25, 0.3) is 0 Å². The molecule has 0 fully saturated rings. The summed E-state index contributed by atoms with van der Waals surface area (Å²) in [5.41, 5.74) is 4.50. The van der Waals surface area contributed by atoms with Gasteiger partial charge in [-0.2, -0.15) is 0 Å². The van der Waals surface area contributed by atoms with Crippen LogP contribution in [0, 0.1) is 13.8 Å². The predicted molar refractivity (Wildman–Crippen MR) is 65.4 cm³/mol. The molecule has 0 radical (unpaired) electrons. The Hall–Kier alpha value is -1.70. The second-order valence-electron chi connectivity index (χ2n) is 4.03. The van der Waals surface area contributed by atoms with Gasteiger partial charge < -0.3 is 0 Å². The lowest BCUT2D eigenvalue weighted by Gasteiger charge is -2.04. The van der Waals surface area contributed by atoms with Crippen molar-refractivity contribution in [1.29, 1.82) is 0 Å². The van der Waals surface area contributed by atoms with E-state index in [0.717, 1.165) is 29.9 Å². The van der Waals surface area contributed by atoms with Crippen molar-refractivity contribution in [3.05, 3.63) is 59.2 Å². The summed E-state index contributed by atoms with van der Waals surface area (Å²) in [7, 11) is 0. The molecule has 0 aliphatic rings. The van der Waals surface area contributed by atoms with E-state index in [4.69, 9.17) is 0 Å². The first kappa shape index (κ1) is 10.8. The molecule has 82 valence electrons. The molecule has 1 aromatic heterocycles. The van der Waals surface area contributed by atoms with Gasteiger partial charge in [-0.25, -0.2) is 0 Å². The smallest absolute Gasteiger partial charge is 0.0619 e. The molecule has 0 N–H and O–H groups in total. The SMILES string of the molecule is Cc1cnc(CCc2ccccc2)c(C)n1. The highest BCUT2D eigenvalue weighted by Gasteiger charge is 2.02. The van der Waals surface area contributed by atoms with Gasteiger partial charge in [-0.1, -0.05) is 30.3 Å². The Labute approximate surface area is 96.4 Å². The van der Waals surface area contributed by atoms with Gasteiger partial charge in [-0.05, 0) is 32.3 Å². The van der Waals surface area contributed by atoms with E-state index in [-0.39, 0.29) is 0 Å². The first-order valence-electron chi connectivity index (χ1n) is 5.59. The van der Waals surface area contributed by atoms with Crippen LogP contribution in [0.4, 0.5) is 0 Å². The second-order valence-corrected chi connectivity index (χ2v) is 4.03. The van der Waals surface area contributed by atoms with Crippen LogP contribution < -0.4 is 0 Å². The van der Waals surface area contributed by atoms with Crippen LogP contribution in [0.15, 0.2) is 36.5 Å². The van der Waals surface area contributed by atoms with Crippen LogP contribution in [0.2, 0.25) is 0 Å². The van der Waals surface area contributed by atoms with E-state index in [0.29, 0.717) is 0 Å². The molecule has 0 amide bonds. The molecule has 1 heterocycles. The summed E-state index contributed by atoms with van der Waals surface area (Å²) in [5.74, 6) is 0. The molecule has 0 aliphatic carbocycles. The van der Waals surface area contributed by atoms with Crippen molar-refractivity contribution in [1.82, 2.24) is 9.97 Å². The third kappa shape index (κ3) is 2.66. The fourth-order valence-corrected chi connectivity index (χ4v) is 1.78. The van der Waals surface area contributed by atoms with Crippen molar-refractivity contribution in [3.8, 4) is 0 Å². The van der Waals surface area contributed by atoms with Crippen molar-refractivity contribution in [2.24, 2.45) is 0 Å². The summed E-state index contributed by atoms with van der Waals surface area (Å²) >= 11 is 0. The van der Waals surface area contributed by atoms with E-state index in [2.05, 4.69) is 34.2 Å². The van der Waals surface area contributed by atoms with Crippen LogP contribution >= 0.6 is 0 Å². The molecule has 0 saturated carbocycles. The molecule has 0 saturated heterocycles. The number of nitrogens with zero attached hydrogens (tertiary/aromatic N) is 2. The van der Waals surface area contributed by atoms with Gasteiger partial charge in [0.1, 0.15) is 0 Å². The molecule has 0 unspecified atom stereocenters. The van der Waals surface area contributed by atoms with Gasteiger partial charge in [0, 0.05) is 6.20 Å². The normalized spacial score (nSPS) is 10.4. The third-order valence-corrected chi connectivity index (χ3v) is 2.66. The van der Waals surface area contributed by atoms with Crippen LogP contribution in [0.5, 0.6) is 0 Å². The van der Waals surface area contributed by atoms with E-state index < -0.39 is 0 Å². The monoisotopic (exact) mass is 212 g/mol. The van der Waals surface area contributed by atoms with Gasteiger partial charge in [-0.3, -0.25) is 9.97 Å². The Balaban J connectivity index is 2.05. The van der Waals surface area contributed by atoms with Gasteiger partial charge in [-0.15, -0.1) is 0 Å². The van der Waals surface area contributed by atoms with Crippen LogP contribution in [0.3, 0.4) is 0 Å². The van der Waals surface area contributed by atoms with Crippen LogP contribution in [0.1, 0.15) is 22.6 Å². The molecule has 0 spiro atoms. The zero-order valence-electron chi connectivity index (χ0n) is 9.77. The molecular weight excluding hydrogens is 196 g/mol. The molecule has 0 atom stereocenters. The summed E-state index contributed by atoms with van der Waals surface area (Å²) in [4.78, 5) is 8.85. The Bertz CT molecular complexity index is 463. The number of aromatic nitrogens is 2. The van der Waals surface area contributed by atoms with E-state index in [1.54, 1.807) is 0 Å². The van der Waals surface area contributed by atoms with Crippen molar-refractivity contribution < 1.29 is 0 Å². The Morgan fingerprint density at radius 2 is 1.75 bits per heavy atom. The lowest BCUT2D eigenvalue weighted by Crippen LogP contribution is -2.00. The topological polar surface area (TPSA) is 25.8 Å². The fourth-order valence-electron chi connectivity index (χ4n) is 1.78. The standard InChI is InChI=1S/C14H16N2/c1-11-10-15-14(12(2)16-11)9-8-13-6-4-3-5-7-13/h3-7,10H,8-9H2,1-2H3. The highest BCUT2D eigenvalue weighted by molar-refractivity contribution is 5.18. The van der Waals surface area contributed by atoms with Gasteiger partial charge in [0.25, 0.3) is 0 Å². The summed E-state index contributed by atoms with van der Waals surface area (Å²) in [6, 6.07) is 10.5. The first-order valence-corrected chi connectivity index (χ1v) is 5.59. The Kier molecular flexibility index (Phi) is 3.30. The highest BCUT2D eigenvalue weighted by atomic mass is 14.8. The average molecular weight is 212 g/mol. The molecule has 2 nitrogen and oxygen atoms in total. The largest absolute Gasteiger partial charge is 0.258 e. The minimum absolute atomic E-state index is 0.961. The van der Waals surface area contributed by atoms with Gasteiger partial charge in [0.15, 0.2) is 0 Å². The van der Waals surface area contributed by atoms with Crippen molar-refractivity contribution in [3.63, 3.8) is 0 Å². The summed E-state index contributed by atoms with van der Waals surface area (Å²) in [6.45, 7) is 4.00. The average Bonchev–Trinajstić information content (AvgIpc) is 2.29.